The van der Waals surface area contributed by atoms with Crippen LogP contribution in [0.5, 0.6) is 0 Å². The fourth-order valence-corrected chi connectivity index (χ4v) is 3.47. The van der Waals surface area contributed by atoms with Crippen molar-refractivity contribution >= 4 is 5.91 Å². The maximum absolute atomic E-state index is 12.8. The van der Waals surface area contributed by atoms with E-state index in [2.05, 4.69) is 32.6 Å². The maximum Gasteiger partial charge on any atom is 0.226 e. The molecule has 2 saturated carbocycles. The molecule has 2 aliphatic carbocycles. The summed E-state index contributed by atoms with van der Waals surface area (Å²) < 4.78 is 0. The number of hydrogen-bond acceptors (Lipinski definition) is 2. The van der Waals surface area contributed by atoms with Gasteiger partial charge in [0, 0.05) is 24.5 Å². The van der Waals surface area contributed by atoms with Crippen LogP contribution in [0.4, 0.5) is 0 Å². The van der Waals surface area contributed by atoms with Crippen LogP contribution in [-0.4, -0.2) is 29.4 Å². The highest BCUT2D eigenvalue weighted by Gasteiger charge is 2.47. The summed E-state index contributed by atoms with van der Waals surface area (Å²) in [7, 11) is 0. The summed E-state index contributed by atoms with van der Waals surface area (Å²) in [6.45, 7) is 9.61. The highest BCUT2D eigenvalue weighted by atomic mass is 16.2. The third kappa shape index (κ3) is 2.29. The average molecular weight is 252 g/mol. The lowest BCUT2D eigenvalue weighted by atomic mass is 9.60. The average Bonchev–Trinajstić information content (AvgIpc) is 3.11. The van der Waals surface area contributed by atoms with Gasteiger partial charge in [-0.05, 0) is 43.9 Å². The van der Waals surface area contributed by atoms with Crippen molar-refractivity contribution in [1.82, 2.24) is 4.90 Å². The van der Waals surface area contributed by atoms with E-state index in [0.29, 0.717) is 17.9 Å². The van der Waals surface area contributed by atoms with Gasteiger partial charge in [-0.15, -0.1) is 0 Å². The number of nitrogens with two attached hydrogens (primary N) is 1. The van der Waals surface area contributed by atoms with Crippen LogP contribution in [0.3, 0.4) is 0 Å². The first-order valence-electron chi connectivity index (χ1n) is 7.45. The van der Waals surface area contributed by atoms with Gasteiger partial charge in [0.1, 0.15) is 0 Å². The lowest BCUT2D eigenvalue weighted by molar-refractivity contribution is -0.143. The Kier molecular flexibility index (Phi) is 3.72. The Hall–Kier alpha value is -0.570. The van der Waals surface area contributed by atoms with E-state index in [0.717, 1.165) is 19.4 Å². The molecule has 0 aromatic rings. The van der Waals surface area contributed by atoms with Gasteiger partial charge in [0.25, 0.3) is 0 Å². The first-order chi connectivity index (χ1) is 8.39. The quantitative estimate of drug-likeness (QED) is 0.838. The Bertz CT molecular complexity index is 322. The molecule has 0 spiro atoms. The molecule has 0 aliphatic heterocycles. The molecule has 2 rings (SSSR count). The Morgan fingerprint density at radius 3 is 2.39 bits per heavy atom. The fourth-order valence-electron chi connectivity index (χ4n) is 3.47. The summed E-state index contributed by atoms with van der Waals surface area (Å²) in [5.41, 5.74) is 6.20. The second-order valence-electron chi connectivity index (χ2n) is 6.76. The molecule has 2 fully saturated rings. The van der Waals surface area contributed by atoms with Crippen molar-refractivity contribution in [3.8, 4) is 0 Å². The monoisotopic (exact) mass is 252 g/mol. The number of hydrogen-bond donors (Lipinski definition) is 1. The van der Waals surface area contributed by atoms with Gasteiger partial charge in [-0.2, -0.15) is 0 Å². The minimum Gasteiger partial charge on any atom is -0.340 e. The summed E-state index contributed by atoms with van der Waals surface area (Å²) in [5.74, 6) is 0.953. The van der Waals surface area contributed by atoms with Gasteiger partial charge in [-0.1, -0.05) is 20.8 Å². The van der Waals surface area contributed by atoms with Crippen LogP contribution in [-0.2, 0) is 4.79 Å². The smallest absolute Gasteiger partial charge is 0.226 e. The molecule has 3 atom stereocenters. The number of carbonyl (C=O) groups excluding carboxylic acids is 1. The van der Waals surface area contributed by atoms with Crippen LogP contribution in [0.15, 0.2) is 0 Å². The van der Waals surface area contributed by atoms with Crippen molar-refractivity contribution in [3.63, 3.8) is 0 Å². The Labute approximate surface area is 111 Å². The molecule has 0 aromatic heterocycles. The normalized spacial score (nSPS) is 35.3. The molecule has 2 N–H and O–H groups in total. The van der Waals surface area contributed by atoms with Crippen molar-refractivity contribution in [2.75, 3.05) is 6.54 Å². The second kappa shape index (κ2) is 4.84. The van der Waals surface area contributed by atoms with E-state index in [4.69, 9.17) is 5.73 Å². The molecule has 3 unspecified atom stereocenters. The molecule has 0 bridgehead atoms. The van der Waals surface area contributed by atoms with E-state index in [-0.39, 0.29) is 17.4 Å². The van der Waals surface area contributed by atoms with Crippen molar-refractivity contribution in [3.05, 3.63) is 0 Å². The van der Waals surface area contributed by atoms with E-state index in [1.54, 1.807) is 0 Å². The first-order valence-corrected chi connectivity index (χ1v) is 7.45. The molecule has 0 heterocycles. The molecule has 3 heteroatoms. The molecule has 1 amide bonds. The standard InChI is InChI=1S/C15H28N2O/c1-5-17(11-6-7-11)14(18)12-8-9-13(16)10(2)15(12,3)4/h10-13H,5-9,16H2,1-4H3. The molecule has 18 heavy (non-hydrogen) atoms. The molecular weight excluding hydrogens is 224 g/mol. The van der Waals surface area contributed by atoms with Gasteiger partial charge in [0.05, 0.1) is 0 Å². The summed E-state index contributed by atoms with van der Waals surface area (Å²) in [4.78, 5) is 14.9. The largest absolute Gasteiger partial charge is 0.340 e. The zero-order valence-electron chi connectivity index (χ0n) is 12.3. The summed E-state index contributed by atoms with van der Waals surface area (Å²) in [6.07, 6.45) is 4.34. The van der Waals surface area contributed by atoms with E-state index in [1.165, 1.54) is 12.8 Å². The number of carbonyl (C=O) groups is 1. The molecule has 0 aromatic carbocycles. The van der Waals surface area contributed by atoms with Crippen LogP contribution in [0, 0.1) is 17.3 Å². The lowest BCUT2D eigenvalue weighted by Gasteiger charge is -2.47. The summed E-state index contributed by atoms with van der Waals surface area (Å²) in [6, 6.07) is 0.782. The van der Waals surface area contributed by atoms with Crippen molar-refractivity contribution in [1.29, 1.82) is 0 Å². The molecule has 2 aliphatic rings. The fraction of sp³-hybridized carbons (Fsp3) is 0.933. The predicted molar refractivity (Wildman–Crippen MR) is 74.1 cm³/mol. The maximum atomic E-state index is 12.8. The highest BCUT2D eigenvalue weighted by molar-refractivity contribution is 5.80. The Balaban J connectivity index is 2.13. The molecule has 104 valence electrons. The van der Waals surface area contributed by atoms with Crippen molar-refractivity contribution in [2.45, 2.75) is 65.5 Å². The minimum atomic E-state index is 0.0249. The Morgan fingerprint density at radius 1 is 1.28 bits per heavy atom. The van der Waals surface area contributed by atoms with E-state index in [1.807, 2.05) is 0 Å². The number of rotatable bonds is 3. The zero-order valence-corrected chi connectivity index (χ0v) is 12.3. The topological polar surface area (TPSA) is 46.3 Å². The van der Waals surface area contributed by atoms with Crippen LogP contribution in [0.1, 0.15) is 53.4 Å². The molecule has 0 saturated heterocycles. The minimum absolute atomic E-state index is 0.0249. The number of amides is 1. The first kappa shape index (κ1) is 13.9. The number of nitrogens with zero attached hydrogens (tertiary/aromatic N) is 1. The second-order valence-corrected chi connectivity index (χ2v) is 6.76. The van der Waals surface area contributed by atoms with E-state index in [9.17, 15) is 4.79 Å². The van der Waals surface area contributed by atoms with E-state index < -0.39 is 0 Å². The third-order valence-corrected chi connectivity index (χ3v) is 5.41. The predicted octanol–water partition coefficient (Wildman–Crippen LogP) is 2.40. The zero-order chi connectivity index (χ0) is 13.5. The van der Waals surface area contributed by atoms with Gasteiger partial charge >= 0.3 is 0 Å². The van der Waals surface area contributed by atoms with Gasteiger partial charge < -0.3 is 10.6 Å². The molecule has 3 nitrogen and oxygen atoms in total. The molecular formula is C15H28N2O. The Morgan fingerprint density at radius 2 is 1.89 bits per heavy atom. The SMILES string of the molecule is CCN(C(=O)C1CCC(N)C(C)C1(C)C)C1CC1. The van der Waals surface area contributed by atoms with Crippen LogP contribution >= 0.6 is 0 Å². The lowest BCUT2D eigenvalue weighted by Crippen LogP contribution is -2.52. The van der Waals surface area contributed by atoms with Gasteiger partial charge in [-0.3, -0.25) is 4.79 Å². The van der Waals surface area contributed by atoms with Crippen molar-refractivity contribution in [2.24, 2.45) is 23.0 Å². The van der Waals surface area contributed by atoms with Crippen molar-refractivity contribution < 1.29 is 4.79 Å². The van der Waals surface area contributed by atoms with Crippen LogP contribution in [0.25, 0.3) is 0 Å². The summed E-state index contributed by atoms with van der Waals surface area (Å²) >= 11 is 0. The van der Waals surface area contributed by atoms with E-state index >= 15 is 0 Å². The third-order valence-electron chi connectivity index (χ3n) is 5.41. The summed E-state index contributed by atoms with van der Waals surface area (Å²) in [5, 5.41) is 0. The van der Waals surface area contributed by atoms with Gasteiger partial charge in [-0.25, -0.2) is 0 Å². The van der Waals surface area contributed by atoms with Gasteiger partial charge in [0.2, 0.25) is 5.91 Å². The van der Waals surface area contributed by atoms with Crippen LogP contribution in [0.2, 0.25) is 0 Å². The molecule has 0 radical (unpaired) electrons. The van der Waals surface area contributed by atoms with Crippen LogP contribution < -0.4 is 5.73 Å². The van der Waals surface area contributed by atoms with Gasteiger partial charge in [0.15, 0.2) is 0 Å². The highest BCUT2D eigenvalue weighted by Crippen LogP contribution is 2.46.